The van der Waals surface area contributed by atoms with E-state index in [2.05, 4.69) is 47.9 Å². The maximum Gasteiger partial charge on any atom is 0.223 e. The fourth-order valence-corrected chi connectivity index (χ4v) is 5.34. The van der Waals surface area contributed by atoms with E-state index in [1.54, 1.807) is 0 Å². The first-order chi connectivity index (χ1) is 13.6. The number of carbonyl (C=O) groups excluding carboxylic acids is 1. The fourth-order valence-electron chi connectivity index (χ4n) is 5.34. The third-order valence-corrected chi connectivity index (χ3v) is 7.15. The van der Waals surface area contributed by atoms with Gasteiger partial charge in [-0.1, -0.05) is 38.1 Å². The van der Waals surface area contributed by atoms with Gasteiger partial charge in [-0.3, -0.25) is 9.69 Å². The molecular formula is C24H36N2O2. The van der Waals surface area contributed by atoms with E-state index in [1.165, 1.54) is 17.5 Å². The van der Waals surface area contributed by atoms with E-state index in [9.17, 15) is 4.79 Å². The number of amides is 1. The normalized spacial score (nSPS) is 29.2. The SMILES string of the molecule is CC(C)c1ccc(CN2CCC[C@]3(CCC(=O)N3C[C@@H]3CCCO3)CC2)cc1. The van der Waals surface area contributed by atoms with Gasteiger partial charge in [0.15, 0.2) is 0 Å². The van der Waals surface area contributed by atoms with Crippen molar-refractivity contribution in [3.8, 4) is 0 Å². The Morgan fingerprint density at radius 3 is 2.64 bits per heavy atom. The van der Waals surface area contributed by atoms with E-state index >= 15 is 0 Å². The first-order valence-electron chi connectivity index (χ1n) is 11.3. The Hall–Kier alpha value is -1.39. The molecule has 0 unspecified atom stereocenters. The van der Waals surface area contributed by atoms with Crippen molar-refractivity contribution in [3.05, 3.63) is 35.4 Å². The molecular weight excluding hydrogens is 348 g/mol. The zero-order chi connectivity index (χ0) is 19.6. The summed E-state index contributed by atoms with van der Waals surface area (Å²) in [7, 11) is 0. The van der Waals surface area contributed by atoms with Crippen molar-refractivity contribution in [2.45, 2.75) is 82.9 Å². The van der Waals surface area contributed by atoms with Gasteiger partial charge in [-0.25, -0.2) is 0 Å². The van der Waals surface area contributed by atoms with Crippen molar-refractivity contribution in [1.82, 2.24) is 9.80 Å². The minimum Gasteiger partial charge on any atom is -0.376 e. The molecule has 3 aliphatic heterocycles. The largest absolute Gasteiger partial charge is 0.376 e. The van der Waals surface area contributed by atoms with Gasteiger partial charge in [0.25, 0.3) is 0 Å². The van der Waals surface area contributed by atoms with Crippen LogP contribution >= 0.6 is 0 Å². The molecule has 0 aliphatic carbocycles. The highest BCUT2D eigenvalue weighted by atomic mass is 16.5. The van der Waals surface area contributed by atoms with Crippen molar-refractivity contribution in [1.29, 1.82) is 0 Å². The van der Waals surface area contributed by atoms with Crippen LogP contribution in [0.4, 0.5) is 0 Å². The molecule has 0 bridgehead atoms. The molecule has 0 aromatic heterocycles. The summed E-state index contributed by atoms with van der Waals surface area (Å²) in [6, 6.07) is 9.13. The molecule has 1 amide bonds. The molecule has 2 atom stereocenters. The lowest BCUT2D eigenvalue weighted by Crippen LogP contribution is -2.49. The summed E-state index contributed by atoms with van der Waals surface area (Å²) in [6.45, 7) is 9.41. The number of likely N-dealkylation sites (tertiary alicyclic amines) is 2. The van der Waals surface area contributed by atoms with Crippen LogP contribution in [0.15, 0.2) is 24.3 Å². The molecule has 3 heterocycles. The summed E-state index contributed by atoms with van der Waals surface area (Å²) >= 11 is 0. The number of carbonyl (C=O) groups is 1. The monoisotopic (exact) mass is 384 g/mol. The lowest BCUT2D eigenvalue weighted by molar-refractivity contribution is -0.133. The molecule has 154 valence electrons. The van der Waals surface area contributed by atoms with Crippen LogP contribution < -0.4 is 0 Å². The Morgan fingerprint density at radius 1 is 1.11 bits per heavy atom. The summed E-state index contributed by atoms with van der Waals surface area (Å²) in [5.41, 5.74) is 2.89. The number of hydrogen-bond acceptors (Lipinski definition) is 3. The van der Waals surface area contributed by atoms with Gasteiger partial charge in [0, 0.05) is 38.2 Å². The van der Waals surface area contributed by atoms with Crippen LogP contribution in [-0.2, 0) is 16.1 Å². The highest BCUT2D eigenvalue weighted by Crippen LogP contribution is 2.40. The van der Waals surface area contributed by atoms with E-state index in [0.29, 0.717) is 11.8 Å². The second kappa shape index (κ2) is 8.54. The number of hydrogen-bond donors (Lipinski definition) is 0. The quantitative estimate of drug-likeness (QED) is 0.757. The van der Waals surface area contributed by atoms with Crippen molar-refractivity contribution in [2.75, 3.05) is 26.2 Å². The third kappa shape index (κ3) is 4.28. The van der Waals surface area contributed by atoms with Crippen LogP contribution in [0.2, 0.25) is 0 Å². The lowest BCUT2D eigenvalue weighted by Gasteiger charge is -2.39. The van der Waals surface area contributed by atoms with E-state index < -0.39 is 0 Å². The maximum atomic E-state index is 12.7. The van der Waals surface area contributed by atoms with Crippen LogP contribution in [-0.4, -0.2) is 53.6 Å². The predicted octanol–water partition coefficient (Wildman–Crippen LogP) is 4.34. The van der Waals surface area contributed by atoms with Crippen molar-refractivity contribution in [3.63, 3.8) is 0 Å². The molecule has 4 heteroatoms. The molecule has 3 saturated heterocycles. The van der Waals surface area contributed by atoms with Crippen molar-refractivity contribution >= 4 is 5.91 Å². The molecule has 1 spiro atoms. The van der Waals surface area contributed by atoms with Crippen LogP contribution in [0.5, 0.6) is 0 Å². The highest BCUT2D eigenvalue weighted by molar-refractivity contribution is 5.79. The molecule has 4 rings (SSSR count). The molecule has 28 heavy (non-hydrogen) atoms. The second-order valence-electron chi connectivity index (χ2n) is 9.39. The van der Waals surface area contributed by atoms with Crippen LogP contribution in [0.25, 0.3) is 0 Å². The van der Waals surface area contributed by atoms with Crippen LogP contribution in [0.1, 0.15) is 75.8 Å². The molecule has 0 N–H and O–H groups in total. The first-order valence-corrected chi connectivity index (χ1v) is 11.3. The molecule has 3 aliphatic rings. The average molecular weight is 385 g/mol. The molecule has 1 aromatic carbocycles. The number of ether oxygens (including phenoxy) is 1. The van der Waals surface area contributed by atoms with Gasteiger partial charge in [0.05, 0.1) is 6.10 Å². The zero-order valence-electron chi connectivity index (χ0n) is 17.7. The number of benzene rings is 1. The molecule has 3 fully saturated rings. The summed E-state index contributed by atoms with van der Waals surface area (Å²) in [6.07, 6.45) is 7.71. The fraction of sp³-hybridized carbons (Fsp3) is 0.708. The molecule has 0 saturated carbocycles. The van der Waals surface area contributed by atoms with Crippen molar-refractivity contribution in [2.24, 2.45) is 0 Å². The van der Waals surface area contributed by atoms with Gasteiger partial charge in [0.2, 0.25) is 5.91 Å². The Bertz CT molecular complexity index is 666. The van der Waals surface area contributed by atoms with Gasteiger partial charge < -0.3 is 9.64 Å². The molecule has 4 nitrogen and oxygen atoms in total. The lowest BCUT2D eigenvalue weighted by atomic mass is 9.87. The van der Waals surface area contributed by atoms with Gasteiger partial charge >= 0.3 is 0 Å². The van der Waals surface area contributed by atoms with E-state index in [4.69, 9.17) is 4.74 Å². The number of rotatable bonds is 5. The minimum absolute atomic E-state index is 0.0826. The van der Waals surface area contributed by atoms with Gasteiger partial charge in [0.1, 0.15) is 0 Å². The van der Waals surface area contributed by atoms with Gasteiger partial charge in [-0.05, 0) is 62.1 Å². The highest BCUT2D eigenvalue weighted by Gasteiger charge is 2.46. The Kier molecular flexibility index (Phi) is 6.07. The van der Waals surface area contributed by atoms with E-state index in [-0.39, 0.29) is 11.6 Å². The minimum atomic E-state index is 0.0826. The molecule has 1 aromatic rings. The smallest absolute Gasteiger partial charge is 0.223 e. The summed E-state index contributed by atoms with van der Waals surface area (Å²) in [5, 5.41) is 0. The Balaban J connectivity index is 1.38. The predicted molar refractivity (Wildman–Crippen MR) is 112 cm³/mol. The summed E-state index contributed by atoms with van der Waals surface area (Å²) < 4.78 is 5.85. The summed E-state index contributed by atoms with van der Waals surface area (Å²) in [5.74, 6) is 0.940. The average Bonchev–Trinajstić information content (AvgIpc) is 3.25. The third-order valence-electron chi connectivity index (χ3n) is 7.15. The van der Waals surface area contributed by atoms with Gasteiger partial charge in [-0.2, -0.15) is 0 Å². The molecule has 0 radical (unpaired) electrons. The van der Waals surface area contributed by atoms with Crippen molar-refractivity contribution < 1.29 is 9.53 Å². The number of nitrogens with zero attached hydrogens (tertiary/aromatic N) is 2. The zero-order valence-corrected chi connectivity index (χ0v) is 17.7. The van der Waals surface area contributed by atoms with Crippen LogP contribution in [0, 0.1) is 0 Å². The maximum absolute atomic E-state index is 12.7. The second-order valence-corrected chi connectivity index (χ2v) is 9.39. The topological polar surface area (TPSA) is 32.8 Å². The van der Waals surface area contributed by atoms with E-state index in [0.717, 1.165) is 71.3 Å². The standard InChI is InChI=1S/C24H36N2O2/c1-19(2)21-8-6-20(7-9-21)17-25-14-4-11-24(13-15-25)12-10-23(27)26(24)18-22-5-3-16-28-22/h6-9,19,22H,3-5,10-18H2,1-2H3/t22-,24-/m0/s1. The van der Waals surface area contributed by atoms with E-state index in [1.807, 2.05) is 0 Å². The Morgan fingerprint density at radius 2 is 1.93 bits per heavy atom. The van der Waals surface area contributed by atoms with Gasteiger partial charge in [-0.15, -0.1) is 0 Å². The van der Waals surface area contributed by atoms with Crippen LogP contribution in [0.3, 0.4) is 0 Å². The first kappa shape index (κ1) is 19.9. The summed E-state index contributed by atoms with van der Waals surface area (Å²) in [4.78, 5) is 17.5. The Labute approximate surface area is 170 Å².